The lowest BCUT2D eigenvalue weighted by Gasteiger charge is -2.58. The fraction of sp³-hybridized carbons (Fsp3) is 0.850. The lowest BCUT2D eigenvalue weighted by atomic mass is 9.44. The largest absolute Gasteiger partial charge is 0.369 e. The monoisotopic (exact) mass is 300 g/mol. The molecule has 3 saturated carbocycles. The minimum atomic E-state index is 0.0727. The van der Waals surface area contributed by atoms with Gasteiger partial charge in [0.05, 0.1) is 12.2 Å². The lowest BCUT2D eigenvalue weighted by Crippen LogP contribution is -2.57. The van der Waals surface area contributed by atoms with Gasteiger partial charge in [0, 0.05) is 17.8 Å². The van der Waals surface area contributed by atoms with E-state index in [2.05, 4.69) is 27.7 Å². The van der Waals surface area contributed by atoms with Crippen LogP contribution in [0.5, 0.6) is 0 Å². The van der Waals surface area contributed by atoms with E-state index < -0.39 is 0 Å². The Morgan fingerprint density at radius 3 is 2.68 bits per heavy atom. The summed E-state index contributed by atoms with van der Waals surface area (Å²) >= 11 is 0. The molecule has 0 aromatic rings. The van der Waals surface area contributed by atoms with E-state index in [4.69, 9.17) is 4.74 Å². The maximum Gasteiger partial charge on any atom is 0.159 e. The SMILES string of the molecule is CC1=C2C(=O)C[C@]3(C)[C@@H]4O[C@@H]4[C@H]4CC[C@H](C)[C@@H](CC1)[C@]4(C)[C@H]23. The first-order valence-electron chi connectivity index (χ1n) is 9.27. The normalized spacial score (nSPS) is 59.0. The van der Waals surface area contributed by atoms with Gasteiger partial charge in [-0.3, -0.25) is 4.79 Å². The summed E-state index contributed by atoms with van der Waals surface area (Å²) in [6, 6.07) is 0. The Labute approximate surface area is 133 Å². The molecule has 8 atom stereocenters. The summed E-state index contributed by atoms with van der Waals surface area (Å²) in [5.74, 6) is 3.14. The van der Waals surface area contributed by atoms with Gasteiger partial charge in [-0.1, -0.05) is 32.8 Å². The van der Waals surface area contributed by atoms with Crippen LogP contribution >= 0.6 is 0 Å². The van der Waals surface area contributed by atoms with Crippen molar-refractivity contribution in [2.45, 2.75) is 72.0 Å². The molecule has 2 heteroatoms. The zero-order chi connectivity index (χ0) is 15.4. The molecule has 0 amide bonds. The molecule has 0 aromatic heterocycles. The molecule has 22 heavy (non-hydrogen) atoms. The van der Waals surface area contributed by atoms with Gasteiger partial charge < -0.3 is 4.74 Å². The summed E-state index contributed by atoms with van der Waals surface area (Å²) in [5, 5.41) is 0. The maximum atomic E-state index is 12.9. The number of carbonyl (C=O) groups is 1. The number of epoxide rings is 1. The van der Waals surface area contributed by atoms with Gasteiger partial charge in [-0.15, -0.1) is 0 Å². The highest BCUT2D eigenvalue weighted by molar-refractivity contribution is 6.00. The first-order valence-corrected chi connectivity index (χ1v) is 9.27. The summed E-state index contributed by atoms with van der Waals surface area (Å²) < 4.78 is 6.24. The Bertz CT molecular complexity index is 605. The Hall–Kier alpha value is -0.630. The molecule has 0 N–H and O–H groups in total. The Kier molecular flexibility index (Phi) is 2.43. The molecule has 5 aliphatic rings. The van der Waals surface area contributed by atoms with E-state index in [0.717, 1.165) is 24.7 Å². The highest BCUT2D eigenvalue weighted by Crippen LogP contribution is 2.74. The highest BCUT2D eigenvalue weighted by Gasteiger charge is 2.75. The second-order valence-corrected chi connectivity index (χ2v) is 9.43. The van der Waals surface area contributed by atoms with E-state index in [1.165, 1.54) is 30.4 Å². The molecule has 2 nitrogen and oxygen atoms in total. The van der Waals surface area contributed by atoms with Gasteiger partial charge in [-0.25, -0.2) is 0 Å². The average molecular weight is 300 g/mol. The van der Waals surface area contributed by atoms with Crippen LogP contribution in [0.1, 0.15) is 59.8 Å². The number of hydrogen-bond donors (Lipinski definition) is 0. The van der Waals surface area contributed by atoms with Gasteiger partial charge in [0.2, 0.25) is 0 Å². The van der Waals surface area contributed by atoms with Crippen molar-refractivity contribution in [3.8, 4) is 0 Å². The van der Waals surface area contributed by atoms with Gasteiger partial charge >= 0.3 is 0 Å². The van der Waals surface area contributed by atoms with Crippen LogP contribution in [0.4, 0.5) is 0 Å². The van der Waals surface area contributed by atoms with Gasteiger partial charge in [-0.2, -0.15) is 0 Å². The number of rotatable bonds is 0. The van der Waals surface area contributed by atoms with Crippen LogP contribution < -0.4 is 0 Å². The molecule has 120 valence electrons. The number of hydrogen-bond acceptors (Lipinski definition) is 2. The van der Waals surface area contributed by atoms with E-state index in [0.29, 0.717) is 29.8 Å². The third-order valence-electron chi connectivity index (χ3n) is 8.49. The minimum Gasteiger partial charge on any atom is -0.369 e. The van der Waals surface area contributed by atoms with Crippen LogP contribution in [-0.4, -0.2) is 18.0 Å². The van der Waals surface area contributed by atoms with Crippen LogP contribution in [0.3, 0.4) is 0 Å². The summed E-state index contributed by atoms with van der Waals surface area (Å²) in [6.45, 7) is 9.60. The molecule has 1 heterocycles. The molecule has 1 aliphatic heterocycles. The standard InChI is InChI=1S/C20H28O2/c1-10-5-8-13-16-18(22-16)19(3)9-14(21)15-11(2)6-7-12(10)20(13,4)17(15)19/h10,12-13,16-18H,5-9H2,1-4H3/t10-,12+,13+,16+,17+,18+,19-,20-/m0/s1. The van der Waals surface area contributed by atoms with E-state index >= 15 is 0 Å². The second kappa shape index (κ2) is 3.88. The first kappa shape index (κ1) is 13.8. The van der Waals surface area contributed by atoms with Crippen molar-refractivity contribution in [3.63, 3.8) is 0 Å². The molecular weight excluding hydrogens is 272 g/mol. The third kappa shape index (κ3) is 1.32. The molecule has 4 aliphatic carbocycles. The zero-order valence-corrected chi connectivity index (χ0v) is 14.3. The molecule has 0 bridgehead atoms. The van der Waals surface area contributed by atoms with Crippen LogP contribution in [0, 0.1) is 34.5 Å². The van der Waals surface area contributed by atoms with E-state index in [1.807, 2.05) is 0 Å². The molecule has 0 radical (unpaired) electrons. The smallest absolute Gasteiger partial charge is 0.159 e. The summed E-state index contributed by atoms with van der Waals surface area (Å²) in [4.78, 5) is 12.9. The number of fused-ring (bicyclic) bond motifs is 3. The van der Waals surface area contributed by atoms with Crippen LogP contribution in [0.15, 0.2) is 11.1 Å². The van der Waals surface area contributed by atoms with Crippen molar-refractivity contribution < 1.29 is 9.53 Å². The van der Waals surface area contributed by atoms with Crippen molar-refractivity contribution >= 4 is 5.78 Å². The summed E-state index contributed by atoms with van der Waals surface area (Å²) in [6.07, 6.45) is 6.62. The Morgan fingerprint density at radius 1 is 1.14 bits per heavy atom. The van der Waals surface area contributed by atoms with E-state index in [1.54, 1.807) is 0 Å². The number of Topliss-reactive ketones (excluding diaryl/α,β-unsaturated/α-hetero) is 1. The number of carbonyl (C=O) groups excluding carboxylic acids is 1. The second-order valence-electron chi connectivity index (χ2n) is 9.43. The molecule has 0 spiro atoms. The van der Waals surface area contributed by atoms with Crippen LogP contribution in [0.2, 0.25) is 0 Å². The van der Waals surface area contributed by atoms with Crippen molar-refractivity contribution in [1.29, 1.82) is 0 Å². The summed E-state index contributed by atoms with van der Waals surface area (Å²) in [7, 11) is 0. The molecule has 4 fully saturated rings. The number of ether oxygens (including phenoxy) is 1. The minimum absolute atomic E-state index is 0.0727. The predicted molar refractivity (Wildman–Crippen MR) is 85.3 cm³/mol. The van der Waals surface area contributed by atoms with Gasteiger partial charge in [0.15, 0.2) is 5.78 Å². The van der Waals surface area contributed by atoms with E-state index in [-0.39, 0.29) is 10.8 Å². The van der Waals surface area contributed by atoms with Gasteiger partial charge in [-0.05, 0) is 54.9 Å². The Balaban J connectivity index is 1.77. The summed E-state index contributed by atoms with van der Waals surface area (Å²) in [5.41, 5.74) is 2.99. The van der Waals surface area contributed by atoms with Gasteiger partial charge in [0.25, 0.3) is 0 Å². The Morgan fingerprint density at radius 2 is 1.91 bits per heavy atom. The average Bonchev–Trinajstić information content (AvgIpc) is 3.19. The fourth-order valence-corrected chi connectivity index (χ4v) is 7.66. The highest BCUT2D eigenvalue weighted by atomic mass is 16.6. The fourth-order valence-electron chi connectivity index (χ4n) is 7.66. The van der Waals surface area contributed by atoms with Crippen LogP contribution in [-0.2, 0) is 9.53 Å². The van der Waals surface area contributed by atoms with Crippen molar-refractivity contribution in [2.24, 2.45) is 34.5 Å². The van der Waals surface area contributed by atoms with Crippen molar-refractivity contribution in [3.05, 3.63) is 11.1 Å². The van der Waals surface area contributed by atoms with E-state index in [9.17, 15) is 4.79 Å². The predicted octanol–water partition coefficient (Wildman–Crippen LogP) is 4.14. The molecule has 5 rings (SSSR count). The topological polar surface area (TPSA) is 29.6 Å². The number of ketones is 1. The van der Waals surface area contributed by atoms with Crippen molar-refractivity contribution in [2.75, 3.05) is 0 Å². The molecule has 1 saturated heterocycles. The van der Waals surface area contributed by atoms with Crippen molar-refractivity contribution in [1.82, 2.24) is 0 Å². The quantitative estimate of drug-likeness (QED) is 0.629. The molecular formula is C20H28O2. The molecule has 0 unspecified atom stereocenters. The maximum absolute atomic E-state index is 12.9. The van der Waals surface area contributed by atoms with Crippen LogP contribution in [0.25, 0.3) is 0 Å². The number of allylic oxidation sites excluding steroid dienone is 2. The third-order valence-corrected chi connectivity index (χ3v) is 8.49. The zero-order valence-electron chi connectivity index (χ0n) is 14.3. The first-order chi connectivity index (χ1) is 10.4. The van der Waals surface area contributed by atoms with Gasteiger partial charge in [0.1, 0.15) is 0 Å². The lowest BCUT2D eigenvalue weighted by molar-refractivity contribution is -0.115. The molecule has 0 aromatic carbocycles.